The Kier molecular flexibility index (Phi) is 4.33. The Morgan fingerprint density at radius 2 is 2.00 bits per heavy atom. The molecule has 1 amide bonds. The van der Waals surface area contributed by atoms with Gasteiger partial charge in [0.15, 0.2) is 5.78 Å². The van der Waals surface area contributed by atoms with Crippen molar-refractivity contribution in [3.8, 4) is 5.75 Å². The van der Waals surface area contributed by atoms with Crippen LogP contribution in [0.4, 0.5) is 0 Å². The SMILES string of the molecule is COc1ccc2cc(C(=O)C3CC3)cc(CCNC(C)=O)c2c1. The zero-order valence-corrected chi connectivity index (χ0v) is 13.5. The fourth-order valence-corrected chi connectivity index (χ4v) is 2.84. The van der Waals surface area contributed by atoms with E-state index in [1.807, 2.05) is 30.3 Å². The summed E-state index contributed by atoms with van der Waals surface area (Å²) in [5.41, 5.74) is 1.85. The van der Waals surface area contributed by atoms with Crippen LogP contribution in [-0.4, -0.2) is 25.3 Å². The van der Waals surface area contributed by atoms with Gasteiger partial charge in [0, 0.05) is 24.9 Å². The van der Waals surface area contributed by atoms with Crippen molar-refractivity contribution in [2.24, 2.45) is 5.92 Å². The lowest BCUT2D eigenvalue weighted by atomic mass is 9.95. The zero-order chi connectivity index (χ0) is 16.4. The number of carbonyl (C=O) groups excluding carboxylic acids is 2. The van der Waals surface area contributed by atoms with E-state index in [9.17, 15) is 9.59 Å². The molecule has 1 fully saturated rings. The number of methoxy groups -OCH3 is 1. The first-order valence-corrected chi connectivity index (χ1v) is 7.98. The van der Waals surface area contributed by atoms with Gasteiger partial charge in [-0.3, -0.25) is 9.59 Å². The summed E-state index contributed by atoms with van der Waals surface area (Å²) >= 11 is 0. The third-order valence-electron chi connectivity index (χ3n) is 4.25. The Labute approximate surface area is 135 Å². The number of carbonyl (C=O) groups is 2. The van der Waals surface area contributed by atoms with Crippen LogP contribution in [0.25, 0.3) is 10.8 Å². The van der Waals surface area contributed by atoms with E-state index in [4.69, 9.17) is 4.74 Å². The van der Waals surface area contributed by atoms with Crippen LogP contribution >= 0.6 is 0 Å². The summed E-state index contributed by atoms with van der Waals surface area (Å²) in [6, 6.07) is 9.83. The van der Waals surface area contributed by atoms with Crippen LogP contribution in [0.5, 0.6) is 5.75 Å². The number of ether oxygens (including phenoxy) is 1. The van der Waals surface area contributed by atoms with Crippen molar-refractivity contribution in [3.05, 3.63) is 41.5 Å². The molecule has 1 aliphatic rings. The minimum Gasteiger partial charge on any atom is -0.497 e. The van der Waals surface area contributed by atoms with Crippen molar-refractivity contribution in [1.29, 1.82) is 0 Å². The largest absolute Gasteiger partial charge is 0.497 e. The minimum absolute atomic E-state index is 0.0444. The molecule has 0 bridgehead atoms. The lowest BCUT2D eigenvalue weighted by Gasteiger charge is -2.12. The van der Waals surface area contributed by atoms with Crippen LogP contribution < -0.4 is 10.1 Å². The zero-order valence-electron chi connectivity index (χ0n) is 13.5. The number of ketones is 1. The molecule has 23 heavy (non-hydrogen) atoms. The summed E-state index contributed by atoms with van der Waals surface area (Å²) in [5.74, 6) is 1.19. The number of hydrogen-bond donors (Lipinski definition) is 1. The molecule has 4 heteroatoms. The van der Waals surface area contributed by atoms with Gasteiger partial charge in [0.1, 0.15) is 5.75 Å². The van der Waals surface area contributed by atoms with Crippen molar-refractivity contribution in [2.45, 2.75) is 26.2 Å². The summed E-state index contributed by atoms with van der Waals surface area (Å²) in [5, 5.41) is 4.92. The van der Waals surface area contributed by atoms with Crippen LogP contribution in [-0.2, 0) is 11.2 Å². The molecule has 0 spiro atoms. The fourth-order valence-electron chi connectivity index (χ4n) is 2.84. The van der Waals surface area contributed by atoms with Gasteiger partial charge in [-0.25, -0.2) is 0 Å². The number of rotatable bonds is 6. The number of nitrogens with one attached hydrogen (secondary N) is 1. The average molecular weight is 311 g/mol. The standard InChI is InChI=1S/C19H21NO3/c1-12(21)20-8-7-15-10-16(19(22)13-3-4-13)9-14-5-6-17(23-2)11-18(14)15/h5-6,9-11,13H,3-4,7-8H2,1-2H3,(H,20,21). The van der Waals surface area contributed by atoms with Gasteiger partial charge in [-0.2, -0.15) is 0 Å². The van der Waals surface area contributed by atoms with Crippen molar-refractivity contribution in [3.63, 3.8) is 0 Å². The molecule has 1 N–H and O–H groups in total. The molecule has 3 rings (SSSR count). The molecule has 2 aromatic carbocycles. The Hall–Kier alpha value is -2.36. The van der Waals surface area contributed by atoms with E-state index in [1.54, 1.807) is 7.11 Å². The van der Waals surface area contributed by atoms with Crippen LogP contribution in [0.1, 0.15) is 35.7 Å². The molecule has 1 saturated carbocycles. The number of amides is 1. The fraction of sp³-hybridized carbons (Fsp3) is 0.368. The first kappa shape index (κ1) is 15.5. The van der Waals surface area contributed by atoms with E-state index in [-0.39, 0.29) is 17.6 Å². The second kappa shape index (κ2) is 6.41. The summed E-state index contributed by atoms with van der Waals surface area (Å²) in [4.78, 5) is 23.5. The highest BCUT2D eigenvalue weighted by Gasteiger charge is 2.30. The van der Waals surface area contributed by atoms with Crippen molar-refractivity contribution in [2.75, 3.05) is 13.7 Å². The van der Waals surface area contributed by atoms with E-state index < -0.39 is 0 Å². The van der Waals surface area contributed by atoms with E-state index in [0.717, 1.165) is 40.5 Å². The summed E-state index contributed by atoms with van der Waals surface area (Å²) in [7, 11) is 1.64. The Morgan fingerprint density at radius 1 is 1.22 bits per heavy atom. The highest BCUT2D eigenvalue weighted by molar-refractivity contribution is 6.03. The Bertz CT molecular complexity index is 763. The molecule has 0 aliphatic heterocycles. The maximum atomic E-state index is 12.4. The molecule has 0 unspecified atom stereocenters. The molecule has 4 nitrogen and oxygen atoms in total. The van der Waals surface area contributed by atoms with E-state index in [0.29, 0.717) is 13.0 Å². The van der Waals surface area contributed by atoms with Gasteiger partial charge >= 0.3 is 0 Å². The molecule has 0 aromatic heterocycles. The molecule has 2 aromatic rings. The Balaban J connectivity index is 1.99. The first-order valence-electron chi connectivity index (χ1n) is 7.98. The lowest BCUT2D eigenvalue weighted by Crippen LogP contribution is -2.22. The highest BCUT2D eigenvalue weighted by Crippen LogP contribution is 2.34. The van der Waals surface area contributed by atoms with Gasteiger partial charge in [0.05, 0.1) is 7.11 Å². The quantitative estimate of drug-likeness (QED) is 0.834. The topological polar surface area (TPSA) is 55.4 Å². The molecule has 0 atom stereocenters. The molecule has 0 radical (unpaired) electrons. The van der Waals surface area contributed by atoms with Crippen LogP contribution in [0.2, 0.25) is 0 Å². The van der Waals surface area contributed by atoms with Gasteiger partial charge in [-0.15, -0.1) is 0 Å². The number of fused-ring (bicyclic) bond motifs is 1. The number of benzene rings is 2. The second-order valence-electron chi connectivity index (χ2n) is 6.09. The highest BCUT2D eigenvalue weighted by atomic mass is 16.5. The van der Waals surface area contributed by atoms with Crippen LogP contribution in [0, 0.1) is 5.92 Å². The maximum Gasteiger partial charge on any atom is 0.216 e. The molecular formula is C19H21NO3. The minimum atomic E-state index is -0.0444. The second-order valence-corrected chi connectivity index (χ2v) is 6.09. The van der Waals surface area contributed by atoms with E-state index in [2.05, 4.69) is 5.32 Å². The van der Waals surface area contributed by atoms with E-state index >= 15 is 0 Å². The van der Waals surface area contributed by atoms with Crippen molar-refractivity contribution in [1.82, 2.24) is 5.32 Å². The van der Waals surface area contributed by atoms with Gasteiger partial charge in [0.25, 0.3) is 0 Å². The maximum absolute atomic E-state index is 12.4. The van der Waals surface area contributed by atoms with E-state index in [1.165, 1.54) is 6.92 Å². The normalized spacial score (nSPS) is 13.8. The smallest absolute Gasteiger partial charge is 0.216 e. The van der Waals surface area contributed by atoms with Gasteiger partial charge in [0.2, 0.25) is 5.91 Å². The predicted molar refractivity (Wildman–Crippen MR) is 89.9 cm³/mol. The lowest BCUT2D eigenvalue weighted by molar-refractivity contribution is -0.118. The summed E-state index contributed by atoms with van der Waals surface area (Å²) in [6.07, 6.45) is 2.69. The van der Waals surface area contributed by atoms with Crippen molar-refractivity contribution >= 4 is 22.5 Å². The molecule has 120 valence electrons. The van der Waals surface area contributed by atoms with Crippen LogP contribution in [0.15, 0.2) is 30.3 Å². The number of hydrogen-bond acceptors (Lipinski definition) is 3. The van der Waals surface area contributed by atoms with Crippen LogP contribution in [0.3, 0.4) is 0 Å². The molecule has 1 aliphatic carbocycles. The third-order valence-corrected chi connectivity index (χ3v) is 4.25. The molecule has 0 saturated heterocycles. The van der Waals surface area contributed by atoms with Gasteiger partial charge < -0.3 is 10.1 Å². The summed E-state index contributed by atoms with van der Waals surface area (Å²) < 4.78 is 5.31. The number of Topliss-reactive ketones (excluding diaryl/α,β-unsaturated/α-hetero) is 1. The monoisotopic (exact) mass is 311 g/mol. The molecular weight excluding hydrogens is 290 g/mol. The predicted octanol–water partition coefficient (Wildman–Crippen LogP) is 3.12. The van der Waals surface area contributed by atoms with Crippen molar-refractivity contribution < 1.29 is 14.3 Å². The summed E-state index contributed by atoms with van der Waals surface area (Å²) in [6.45, 7) is 2.07. The third kappa shape index (κ3) is 3.52. The Morgan fingerprint density at radius 3 is 2.65 bits per heavy atom. The average Bonchev–Trinajstić information content (AvgIpc) is 3.38. The molecule has 0 heterocycles. The van der Waals surface area contributed by atoms with Gasteiger partial charge in [-0.1, -0.05) is 6.07 Å². The first-order chi connectivity index (χ1) is 11.1. The van der Waals surface area contributed by atoms with Gasteiger partial charge in [-0.05, 0) is 59.9 Å².